The van der Waals surface area contributed by atoms with Gasteiger partial charge in [0, 0.05) is 25.0 Å². The van der Waals surface area contributed by atoms with Crippen LogP contribution in [0.4, 0.5) is 0 Å². The van der Waals surface area contributed by atoms with Crippen molar-refractivity contribution in [2.45, 2.75) is 31.3 Å². The van der Waals surface area contributed by atoms with Crippen LogP contribution >= 0.6 is 0 Å². The number of hydrogen-bond acceptors (Lipinski definition) is 5. The molecule has 1 aromatic carbocycles. The van der Waals surface area contributed by atoms with Gasteiger partial charge in [-0.3, -0.25) is 0 Å². The van der Waals surface area contributed by atoms with E-state index in [1.54, 1.807) is 12.1 Å². The Hall–Kier alpha value is -1.42. The van der Waals surface area contributed by atoms with E-state index in [2.05, 4.69) is 11.3 Å². The van der Waals surface area contributed by atoms with Gasteiger partial charge in [0.25, 0.3) is 0 Å². The molecule has 0 aliphatic carbocycles. The van der Waals surface area contributed by atoms with Crippen LogP contribution < -0.4 is 9.46 Å². The normalized spacial score (nSPS) is 19.2. The van der Waals surface area contributed by atoms with Crippen LogP contribution in [0.3, 0.4) is 0 Å². The quantitative estimate of drug-likeness (QED) is 0.729. The average Bonchev–Trinajstić information content (AvgIpc) is 3.03. The number of hydrogen-bond donors (Lipinski definition) is 1. The Morgan fingerprint density at radius 1 is 1.28 bits per heavy atom. The van der Waals surface area contributed by atoms with E-state index in [0.29, 0.717) is 18.7 Å². The Bertz CT molecular complexity index is 801. The molecule has 1 aliphatic heterocycles. The minimum Gasteiger partial charge on any atom is -0.491 e. The van der Waals surface area contributed by atoms with Crippen molar-refractivity contribution in [2.75, 3.05) is 19.6 Å². The summed E-state index contributed by atoms with van der Waals surface area (Å²) in [6.45, 7) is 7.87. The van der Waals surface area contributed by atoms with Gasteiger partial charge < -0.3 is 4.74 Å². The number of ether oxygens (including phenoxy) is 1. The van der Waals surface area contributed by atoms with E-state index in [1.165, 1.54) is 16.4 Å². The van der Waals surface area contributed by atoms with Gasteiger partial charge >= 0.3 is 0 Å². The topological polar surface area (TPSA) is 92.8 Å². The highest BCUT2D eigenvalue weighted by atomic mass is 32.2. The molecule has 2 rings (SSSR count). The molecule has 0 unspecified atom stereocenters. The first kappa shape index (κ1) is 19.9. The first-order valence-corrected chi connectivity index (χ1v) is 11.0. The fourth-order valence-corrected chi connectivity index (χ4v) is 4.70. The molecule has 25 heavy (non-hydrogen) atoms. The van der Waals surface area contributed by atoms with Crippen molar-refractivity contribution in [1.29, 1.82) is 0 Å². The van der Waals surface area contributed by atoms with Crippen LogP contribution in [0.15, 0.2) is 41.1 Å². The summed E-state index contributed by atoms with van der Waals surface area (Å²) in [6, 6.07) is 6.33. The molecule has 1 heterocycles. The van der Waals surface area contributed by atoms with Gasteiger partial charge in [0.1, 0.15) is 5.75 Å². The van der Waals surface area contributed by atoms with E-state index >= 15 is 0 Å². The van der Waals surface area contributed by atoms with Crippen LogP contribution in [0, 0.1) is 5.92 Å². The van der Waals surface area contributed by atoms with Crippen LogP contribution in [0.5, 0.6) is 5.75 Å². The van der Waals surface area contributed by atoms with Crippen molar-refractivity contribution in [3.63, 3.8) is 0 Å². The third kappa shape index (κ3) is 5.27. The summed E-state index contributed by atoms with van der Waals surface area (Å²) in [5.41, 5.74) is 0. The molecule has 0 amide bonds. The first-order chi connectivity index (χ1) is 11.6. The Morgan fingerprint density at radius 3 is 2.48 bits per heavy atom. The molecule has 1 aliphatic rings. The maximum absolute atomic E-state index is 12.7. The standard InChI is InChI=1S/C16H24N2O5S2/c1-4-24(19,20)17-11-14-9-10-18(12-14)25(21,22)16-7-5-15(6-8-16)23-13(2)3/h4-8,13-14,17H,1,9-12H2,2-3H3/t14-/m1/s1. The lowest BCUT2D eigenvalue weighted by Gasteiger charge is -2.17. The van der Waals surface area contributed by atoms with Gasteiger partial charge in [-0.05, 0) is 50.5 Å². The minimum atomic E-state index is -3.60. The molecule has 9 heteroatoms. The highest BCUT2D eigenvalue weighted by molar-refractivity contribution is 7.92. The zero-order chi connectivity index (χ0) is 18.7. The molecule has 1 atom stereocenters. The highest BCUT2D eigenvalue weighted by Crippen LogP contribution is 2.25. The molecule has 1 N–H and O–H groups in total. The first-order valence-electron chi connectivity index (χ1n) is 8.03. The van der Waals surface area contributed by atoms with E-state index in [1.807, 2.05) is 13.8 Å². The molecule has 140 valence electrons. The second kappa shape index (κ2) is 7.86. The Kier molecular flexibility index (Phi) is 6.26. The molecule has 0 saturated carbocycles. The highest BCUT2D eigenvalue weighted by Gasteiger charge is 2.32. The molecule has 0 spiro atoms. The summed E-state index contributed by atoms with van der Waals surface area (Å²) < 4.78 is 57.5. The van der Waals surface area contributed by atoms with Crippen LogP contribution in [0.2, 0.25) is 0 Å². The van der Waals surface area contributed by atoms with E-state index in [-0.39, 0.29) is 30.0 Å². The third-order valence-corrected chi connectivity index (χ3v) is 6.76. The van der Waals surface area contributed by atoms with Gasteiger partial charge in [0.05, 0.1) is 11.0 Å². The number of nitrogens with zero attached hydrogens (tertiary/aromatic N) is 1. The Balaban J connectivity index is 2.02. The zero-order valence-corrected chi connectivity index (χ0v) is 16.0. The minimum absolute atomic E-state index is 0.0149. The predicted molar refractivity (Wildman–Crippen MR) is 96.2 cm³/mol. The molecule has 0 bridgehead atoms. The summed E-state index contributed by atoms with van der Waals surface area (Å²) in [7, 11) is -7.09. The maximum Gasteiger partial charge on any atom is 0.243 e. The molecule has 0 aromatic heterocycles. The molecule has 1 fully saturated rings. The summed E-state index contributed by atoms with van der Waals surface area (Å²) >= 11 is 0. The van der Waals surface area contributed by atoms with Gasteiger partial charge in [-0.15, -0.1) is 0 Å². The van der Waals surface area contributed by atoms with Gasteiger partial charge in [0.2, 0.25) is 20.0 Å². The molecule has 0 radical (unpaired) electrons. The smallest absolute Gasteiger partial charge is 0.243 e. The molecular formula is C16H24N2O5S2. The molecule has 1 aromatic rings. The Morgan fingerprint density at radius 2 is 1.92 bits per heavy atom. The van der Waals surface area contributed by atoms with E-state index in [9.17, 15) is 16.8 Å². The van der Waals surface area contributed by atoms with Crippen LogP contribution in [-0.2, 0) is 20.0 Å². The lowest BCUT2D eigenvalue weighted by molar-refractivity contribution is 0.242. The molecule has 1 saturated heterocycles. The summed E-state index contributed by atoms with van der Waals surface area (Å²) in [5.74, 6) is 0.556. The van der Waals surface area contributed by atoms with Crippen molar-refractivity contribution in [2.24, 2.45) is 5.92 Å². The van der Waals surface area contributed by atoms with Crippen molar-refractivity contribution in [3.8, 4) is 5.75 Å². The van der Waals surface area contributed by atoms with Gasteiger partial charge in [-0.25, -0.2) is 21.6 Å². The number of rotatable bonds is 8. The summed E-state index contributed by atoms with van der Waals surface area (Å²) in [4.78, 5) is 0.205. The van der Waals surface area contributed by atoms with E-state index in [0.717, 1.165) is 5.41 Å². The lowest BCUT2D eigenvalue weighted by Crippen LogP contribution is -2.32. The number of benzene rings is 1. The third-order valence-electron chi connectivity index (χ3n) is 3.87. The Labute approximate surface area is 149 Å². The predicted octanol–water partition coefficient (Wildman–Crippen LogP) is 1.55. The fraction of sp³-hybridized carbons (Fsp3) is 0.500. The van der Waals surface area contributed by atoms with Gasteiger partial charge in [-0.2, -0.15) is 4.31 Å². The lowest BCUT2D eigenvalue weighted by atomic mass is 10.1. The van der Waals surface area contributed by atoms with E-state index in [4.69, 9.17) is 4.74 Å². The van der Waals surface area contributed by atoms with Crippen molar-refractivity contribution < 1.29 is 21.6 Å². The number of sulfonamides is 2. The summed E-state index contributed by atoms with van der Waals surface area (Å²) in [5, 5.41) is 0.844. The molecular weight excluding hydrogens is 364 g/mol. The zero-order valence-electron chi connectivity index (χ0n) is 14.4. The maximum atomic E-state index is 12.7. The van der Waals surface area contributed by atoms with Gasteiger partial charge in [0.15, 0.2) is 0 Å². The SMILES string of the molecule is C=CS(=O)(=O)NC[C@H]1CCN(S(=O)(=O)c2ccc(OC(C)C)cc2)C1. The van der Waals surface area contributed by atoms with Gasteiger partial charge in [-0.1, -0.05) is 6.58 Å². The molecule has 7 nitrogen and oxygen atoms in total. The van der Waals surface area contributed by atoms with E-state index < -0.39 is 20.0 Å². The van der Waals surface area contributed by atoms with Crippen LogP contribution in [0.25, 0.3) is 0 Å². The number of nitrogens with one attached hydrogen (secondary N) is 1. The van der Waals surface area contributed by atoms with Crippen LogP contribution in [-0.4, -0.2) is 46.9 Å². The van der Waals surface area contributed by atoms with Crippen molar-refractivity contribution in [3.05, 3.63) is 36.3 Å². The largest absolute Gasteiger partial charge is 0.491 e. The van der Waals surface area contributed by atoms with Crippen molar-refractivity contribution in [1.82, 2.24) is 9.03 Å². The average molecular weight is 389 g/mol. The van der Waals surface area contributed by atoms with Crippen LogP contribution in [0.1, 0.15) is 20.3 Å². The summed E-state index contributed by atoms with van der Waals surface area (Å²) in [6.07, 6.45) is 0.620. The monoisotopic (exact) mass is 388 g/mol. The second-order valence-corrected chi connectivity index (χ2v) is 9.87. The fourth-order valence-electron chi connectivity index (χ4n) is 2.59. The second-order valence-electron chi connectivity index (χ2n) is 6.22. The van der Waals surface area contributed by atoms with Crippen molar-refractivity contribution >= 4 is 20.0 Å².